The van der Waals surface area contributed by atoms with Crippen molar-refractivity contribution in [3.05, 3.63) is 33.1 Å². The van der Waals surface area contributed by atoms with Gasteiger partial charge in [0.1, 0.15) is 5.56 Å². The summed E-state index contributed by atoms with van der Waals surface area (Å²) in [5, 5.41) is 10.6. The molecule has 1 aromatic heterocycles. The van der Waals surface area contributed by atoms with E-state index in [0.717, 1.165) is 12.8 Å². The summed E-state index contributed by atoms with van der Waals surface area (Å²) in [5.41, 5.74) is -0.400. The maximum absolute atomic E-state index is 12.1. The normalized spacial score (nSPS) is 15.0. The van der Waals surface area contributed by atoms with Gasteiger partial charge in [-0.05, 0) is 18.9 Å². The first-order valence-electron chi connectivity index (χ1n) is 5.19. The molecule has 2 rings (SSSR count). The quantitative estimate of drug-likeness (QED) is 0.459. The van der Waals surface area contributed by atoms with Crippen LogP contribution in [-0.2, 0) is 0 Å². The Hall–Kier alpha value is -1.69. The first-order valence-corrected chi connectivity index (χ1v) is 5.57. The molecule has 7 heteroatoms. The summed E-state index contributed by atoms with van der Waals surface area (Å²) in [6, 6.07) is 1.34. The van der Waals surface area contributed by atoms with Crippen LogP contribution in [0.2, 0.25) is 5.15 Å². The molecule has 0 N–H and O–H groups in total. The lowest BCUT2D eigenvalue weighted by Gasteiger charge is -2.14. The molecule has 90 valence electrons. The molecule has 1 aliphatic rings. The van der Waals surface area contributed by atoms with E-state index >= 15 is 0 Å². The van der Waals surface area contributed by atoms with Crippen molar-refractivity contribution in [3.63, 3.8) is 0 Å². The minimum absolute atomic E-state index is 0.0110. The maximum atomic E-state index is 12.1. The fourth-order valence-electron chi connectivity index (χ4n) is 1.87. The number of hydrogen-bond acceptors (Lipinski definition) is 4. The molecule has 1 saturated heterocycles. The van der Waals surface area contributed by atoms with Crippen LogP contribution in [0.3, 0.4) is 0 Å². The average molecular weight is 256 g/mol. The number of carbonyl (C=O) groups is 1. The van der Waals surface area contributed by atoms with E-state index in [1.807, 2.05) is 0 Å². The zero-order valence-corrected chi connectivity index (χ0v) is 9.68. The second kappa shape index (κ2) is 4.67. The number of rotatable bonds is 2. The van der Waals surface area contributed by atoms with Gasteiger partial charge >= 0.3 is 5.69 Å². The van der Waals surface area contributed by atoms with Crippen molar-refractivity contribution in [1.82, 2.24) is 9.88 Å². The van der Waals surface area contributed by atoms with Gasteiger partial charge in [-0.3, -0.25) is 14.9 Å². The third kappa shape index (κ3) is 2.21. The number of amides is 1. The minimum Gasteiger partial charge on any atom is -0.338 e. The number of halogens is 1. The largest absolute Gasteiger partial charge is 0.338 e. The van der Waals surface area contributed by atoms with Crippen LogP contribution in [0.25, 0.3) is 0 Å². The standard InChI is InChI=1S/C10H10ClN3O3/c11-9-8(14(16)17)7(3-4-12-9)10(15)13-5-1-2-6-13/h3-4H,1-2,5-6H2. The highest BCUT2D eigenvalue weighted by atomic mass is 35.5. The van der Waals surface area contributed by atoms with Gasteiger partial charge in [0.25, 0.3) is 5.91 Å². The van der Waals surface area contributed by atoms with E-state index < -0.39 is 10.6 Å². The molecule has 0 spiro atoms. The molecule has 2 heterocycles. The third-order valence-electron chi connectivity index (χ3n) is 2.69. The molecule has 1 amide bonds. The van der Waals surface area contributed by atoms with Crippen LogP contribution >= 0.6 is 11.6 Å². The topological polar surface area (TPSA) is 76.3 Å². The summed E-state index contributed by atoms with van der Waals surface area (Å²) in [6.07, 6.45) is 3.16. The SMILES string of the molecule is O=C(c1ccnc(Cl)c1[N+](=O)[O-])N1CCCC1. The van der Waals surface area contributed by atoms with Gasteiger partial charge in [0.05, 0.1) is 4.92 Å². The maximum Gasteiger partial charge on any atom is 0.319 e. The summed E-state index contributed by atoms with van der Waals surface area (Å²) in [6.45, 7) is 1.27. The van der Waals surface area contributed by atoms with Crippen molar-refractivity contribution in [3.8, 4) is 0 Å². The molecule has 17 heavy (non-hydrogen) atoms. The number of pyridine rings is 1. The molecule has 1 fully saturated rings. The second-order valence-electron chi connectivity index (χ2n) is 3.75. The van der Waals surface area contributed by atoms with E-state index in [2.05, 4.69) is 4.98 Å². The van der Waals surface area contributed by atoms with Crippen molar-refractivity contribution in [2.24, 2.45) is 0 Å². The van der Waals surface area contributed by atoms with Gasteiger partial charge in [-0.25, -0.2) is 4.98 Å². The van der Waals surface area contributed by atoms with Crippen LogP contribution < -0.4 is 0 Å². The molecule has 1 aliphatic heterocycles. The molecule has 0 saturated carbocycles. The highest BCUT2D eigenvalue weighted by Gasteiger charge is 2.29. The van der Waals surface area contributed by atoms with Crippen molar-refractivity contribution >= 4 is 23.2 Å². The lowest BCUT2D eigenvalue weighted by atomic mass is 10.2. The highest BCUT2D eigenvalue weighted by Crippen LogP contribution is 2.27. The molecule has 0 radical (unpaired) electrons. The predicted molar refractivity (Wildman–Crippen MR) is 61.0 cm³/mol. The Balaban J connectivity index is 2.40. The summed E-state index contributed by atoms with van der Waals surface area (Å²) < 4.78 is 0. The minimum atomic E-state index is -0.668. The monoisotopic (exact) mass is 255 g/mol. The Morgan fingerprint density at radius 1 is 1.47 bits per heavy atom. The van der Waals surface area contributed by atoms with Crippen LogP contribution in [0.1, 0.15) is 23.2 Å². The smallest absolute Gasteiger partial charge is 0.319 e. The summed E-state index contributed by atoms with van der Waals surface area (Å²) in [5.74, 6) is -0.349. The third-order valence-corrected chi connectivity index (χ3v) is 2.96. The van der Waals surface area contributed by atoms with E-state index in [1.54, 1.807) is 4.90 Å². The number of likely N-dealkylation sites (tertiary alicyclic amines) is 1. The lowest BCUT2D eigenvalue weighted by Crippen LogP contribution is -2.28. The van der Waals surface area contributed by atoms with E-state index in [1.165, 1.54) is 12.3 Å². The number of nitrogens with zero attached hydrogens (tertiary/aromatic N) is 3. The lowest BCUT2D eigenvalue weighted by molar-refractivity contribution is -0.385. The summed E-state index contributed by atoms with van der Waals surface area (Å²) in [7, 11) is 0. The number of hydrogen-bond donors (Lipinski definition) is 0. The van der Waals surface area contributed by atoms with Gasteiger partial charge in [0.15, 0.2) is 0 Å². The van der Waals surface area contributed by atoms with Crippen LogP contribution in [-0.4, -0.2) is 33.8 Å². The zero-order valence-electron chi connectivity index (χ0n) is 8.93. The molecule has 0 atom stereocenters. The van der Waals surface area contributed by atoms with Crippen LogP contribution in [0.5, 0.6) is 0 Å². The van der Waals surface area contributed by atoms with Crippen molar-refractivity contribution in [2.75, 3.05) is 13.1 Å². The fraction of sp³-hybridized carbons (Fsp3) is 0.400. The van der Waals surface area contributed by atoms with Crippen molar-refractivity contribution in [2.45, 2.75) is 12.8 Å². The number of carbonyl (C=O) groups excluding carboxylic acids is 1. The Labute approximate surface area is 102 Å². The Morgan fingerprint density at radius 3 is 2.71 bits per heavy atom. The molecular formula is C10H10ClN3O3. The van der Waals surface area contributed by atoms with E-state index in [-0.39, 0.29) is 16.6 Å². The average Bonchev–Trinajstić information content (AvgIpc) is 2.80. The van der Waals surface area contributed by atoms with Crippen LogP contribution in [0.15, 0.2) is 12.3 Å². The second-order valence-corrected chi connectivity index (χ2v) is 4.11. The van der Waals surface area contributed by atoms with Crippen molar-refractivity contribution in [1.29, 1.82) is 0 Å². The summed E-state index contributed by atoms with van der Waals surface area (Å²) >= 11 is 5.65. The Morgan fingerprint density at radius 2 is 2.12 bits per heavy atom. The first kappa shape index (κ1) is 11.8. The number of aromatic nitrogens is 1. The van der Waals surface area contributed by atoms with Crippen molar-refractivity contribution < 1.29 is 9.72 Å². The molecule has 0 aromatic carbocycles. The molecule has 6 nitrogen and oxygen atoms in total. The Kier molecular flexibility index (Phi) is 3.23. The summed E-state index contributed by atoms with van der Waals surface area (Å²) in [4.78, 5) is 27.5. The van der Waals surface area contributed by atoms with Gasteiger partial charge in [0, 0.05) is 19.3 Å². The van der Waals surface area contributed by atoms with Crippen LogP contribution in [0.4, 0.5) is 5.69 Å². The molecular weight excluding hydrogens is 246 g/mol. The van der Waals surface area contributed by atoms with Gasteiger partial charge in [0.2, 0.25) is 5.15 Å². The molecule has 0 bridgehead atoms. The van der Waals surface area contributed by atoms with Gasteiger partial charge < -0.3 is 4.90 Å². The molecule has 0 unspecified atom stereocenters. The Bertz CT molecular complexity index is 472. The van der Waals surface area contributed by atoms with Gasteiger partial charge in [-0.15, -0.1) is 0 Å². The van der Waals surface area contributed by atoms with Gasteiger partial charge in [-0.1, -0.05) is 11.6 Å². The highest BCUT2D eigenvalue weighted by molar-refractivity contribution is 6.32. The predicted octanol–water partition coefficient (Wildman–Crippen LogP) is 1.88. The molecule has 1 aromatic rings. The number of nitro groups is 1. The molecule has 0 aliphatic carbocycles. The zero-order chi connectivity index (χ0) is 12.4. The van der Waals surface area contributed by atoms with E-state index in [9.17, 15) is 14.9 Å². The fourth-order valence-corrected chi connectivity index (χ4v) is 2.09. The van der Waals surface area contributed by atoms with E-state index in [0.29, 0.717) is 13.1 Å². The van der Waals surface area contributed by atoms with Gasteiger partial charge in [-0.2, -0.15) is 0 Å². The first-order chi connectivity index (χ1) is 8.11. The van der Waals surface area contributed by atoms with E-state index in [4.69, 9.17) is 11.6 Å². The van der Waals surface area contributed by atoms with Crippen LogP contribution in [0, 0.1) is 10.1 Å².